The van der Waals surface area contributed by atoms with E-state index in [0.717, 1.165) is 12.5 Å². The molecule has 0 aromatic rings. The smallest absolute Gasteiger partial charge is 0.0332 e. The van der Waals surface area contributed by atoms with Gasteiger partial charge in [0.2, 0.25) is 0 Å². The molecule has 0 aromatic heterocycles. The second kappa shape index (κ2) is 6.97. The summed E-state index contributed by atoms with van der Waals surface area (Å²) in [5, 5.41) is 0. The lowest BCUT2D eigenvalue weighted by Crippen LogP contribution is -2.54. The van der Waals surface area contributed by atoms with Crippen LogP contribution >= 0.6 is 0 Å². The van der Waals surface area contributed by atoms with Gasteiger partial charge in [0.25, 0.3) is 0 Å². The van der Waals surface area contributed by atoms with E-state index in [1.807, 2.05) is 0 Å². The van der Waals surface area contributed by atoms with Crippen LogP contribution in [-0.4, -0.2) is 55.1 Å². The average molecular weight is 296 g/mol. The molecule has 1 aliphatic heterocycles. The molecular formula is C18H37N3. The monoisotopic (exact) mass is 295 g/mol. The van der Waals surface area contributed by atoms with Crippen molar-refractivity contribution in [2.75, 3.05) is 39.8 Å². The zero-order valence-corrected chi connectivity index (χ0v) is 14.8. The van der Waals surface area contributed by atoms with Crippen molar-refractivity contribution in [3.05, 3.63) is 0 Å². The van der Waals surface area contributed by atoms with Gasteiger partial charge in [-0.05, 0) is 57.0 Å². The first-order chi connectivity index (χ1) is 9.87. The van der Waals surface area contributed by atoms with Gasteiger partial charge < -0.3 is 10.6 Å². The van der Waals surface area contributed by atoms with Crippen molar-refractivity contribution >= 4 is 0 Å². The topological polar surface area (TPSA) is 32.5 Å². The average Bonchev–Trinajstić information content (AvgIpc) is 2.76. The molecule has 2 rings (SSSR count). The summed E-state index contributed by atoms with van der Waals surface area (Å²) >= 11 is 0. The summed E-state index contributed by atoms with van der Waals surface area (Å²) < 4.78 is 0. The number of nitrogens with two attached hydrogens (primary N) is 1. The summed E-state index contributed by atoms with van der Waals surface area (Å²) in [4.78, 5) is 5.22. The second-order valence-corrected chi connectivity index (χ2v) is 8.57. The molecule has 2 fully saturated rings. The van der Waals surface area contributed by atoms with Gasteiger partial charge in [-0.25, -0.2) is 0 Å². The van der Waals surface area contributed by atoms with Gasteiger partial charge in [-0.3, -0.25) is 4.90 Å². The van der Waals surface area contributed by atoms with Crippen molar-refractivity contribution in [3.8, 4) is 0 Å². The fourth-order valence-corrected chi connectivity index (χ4v) is 4.43. The predicted molar refractivity (Wildman–Crippen MR) is 91.5 cm³/mol. The molecule has 3 nitrogen and oxygen atoms in total. The maximum atomic E-state index is 6.32. The molecule has 124 valence electrons. The second-order valence-electron chi connectivity index (χ2n) is 8.57. The number of nitrogens with zero attached hydrogens (tertiary/aromatic N) is 2. The summed E-state index contributed by atoms with van der Waals surface area (Å²) in [5.41, 5.74) is 7.05. The van der Waals surface area contributed by atoms with Gasteiger partial charge in [0.05, 0.1) is 0 Å². The van der Waals surface area contributed by atoms with Gasteiger partial charge in [-0.2, -0.15) is 0 Å². The molecule has 0 amide bonds. The first kappa shape index (κ1) is 17.2. The Labute approximate surface area is 132 Å². The number of rotatable bonds is 2. The standard InChI is InChI=1S/C18H37N3/c1-17(2,3)16-7-5-9-18(15-19,10-8-16)21-12-6-11-20(4)13-14-21/h16H,5-15,19H2,1-4H3. The molecule has 0 aromatic carbocycles. The van der Waals surface area contributed by atoms with Gasteiger partial charge in [0.1, 0.15) is 0 Å². The van der Waals surface area contributed by atoms with Crippen LogP contribution in [0.5, 0.6) is 0 Å². The number of likely N-dealkylation sites (N-methyl/N-ethyl adjacent to an activating group) is 1. The predicted octanol–water partition coefficient (Wildman–Crippen LogP) is 2.95. The van der Waals surface area contributed by atoms with Gasteiger partial charge in [-0.15, -0.1) is 0 Å². The molecule has 1 saturated heterocycles. The summed E-state index contributed by atoms with van der Waals surface area (Å²) in [6, 6.07) is 0. The molecule has 1 heterocycles. The molecule has 2 unspecified atom stereocenters. The van der Waals surface area contributed by atoms with Crippen LogP contribution in [-0.2, 0) is 0 Å². The highest BCUT2D eigenvalue weighted by Gasteiger charge is 2.39. The summed E-state index contributed by atoms with van der Waals surface area (Å²) in [7, 11) is 2.25. The minimum Gasteiger partial charge on any atom is -0.329 e. The van der Waals surface area contributed by atoms with E-state index >= 15 is 0 Å². The van der Waals surface area contributed by atoms with Gasteiger partial charge in [0.15, 0.2) is 0 Å². The van der Waals surface area contributed by atoms with E-state index in [9.17, 15) is 0 Å². The highest BCUT2D eigenvalue weighted by atomic mass is 15.3. The normalized spacial score (nSPS) is 34.4. The Morgan fingerprint density at radius 2 is 1.76 bits per heavy atom. The minimum atomic E-state index is 0.283. The van der Waals surface area contributed by atoms with Crippen LogP contribution in [0.1, 0.15) is 59.3 Å². The van der Waals surface area contributed by atoms with Crippen LogP contribution in [0.25, 0.3) is 0 Å². The molecule has 3 heteroatoms. The first-order valence-electron chi connectivity index (χ1n) is 9.01. The maximum Gasteiger partial charge on any atom is 0.0332 e. The van der Waals surface area contributed by atoms with Gasteiger partial charge in [-0.1, -0.05) is 27.2 Å². The lowest BCUT2D eigenvalue weighted by atomic mass is 9.76. The van der Waals surface area contributed by atoms with E-state index in [4.69, 9.17) is 5.73 Å². The molecule has 1 aliphatic carbocycles. The van der Waals surface area contributed by atoms with Crippen LogP contribution in [0.2, 0.25) is 0 Å². The van der Waals surface area contributed by atoms with Crippen molar-refractivity contribution in [2.45, 2.75) is 64.8 Å². The molecule has 2 N–H and O–H groups in total. The molecule has 0 bridgehead atoms. The Hall–Kier alpha value is -0.120. The van der Waals surface area contributed by atoms with E-state index in [0.29, 0.717) is 5.41 Å². The molecule has 1 saturated carbocycles. The quantitative estimate of drug-likeness (QED) is 0.795. The number of hydrogen-bond acceptors (Lipinski definition) is 3. The van der Waals surface area contributed by atoms with E-state index in [-0.39, 0.29) is 5.54 Å². The summed E-state index contributed by atoms with van der Waals surface area (Å²) in [5.74, 6) is 0.862. The SMILES string of the molecule is CN1CCCN(C2(CN)CCCC(C(C)(C)C)CC2)CC1. The minimum absolute atomic E-state index is 0.283. The van der Waals surface area contributed by atoms with Crippen molar-refractivity contribution in [2.24, 2.45) is 17.1 Å². The summed E-state index contributed by atoms with van der Waals surface area (Å²) in [6.45, 7) is 12.9. The van der Waals surface area contributed by atoms with Crippen LogP contribution < -0.4 is 5.73 Å². The number of hydrogen-bond donors (Lipinski definition) is 1. The highest BCUT2D eigenvalue weighted by Crippen LogP contribution is 2.41. The van der Waals surface area contributed by atoms with Crippen LogP contribution in [0, 0.1) is 11.3 Å². The Morgan fingerprint density at radius 1 is 1.00 bits per heavy atom. The molecule has 2 aliphatic rings. The molecule has 21 heavy (non-hydrogen) atoms. The molecule has 0 spiro atoms. The Kier molecular flexibility index (Phi) is 5.72. The lowest BCUT2D eigenvalue weighted by molar-refractivity contribution is 0.0787. The molecule has 2 atom stereocenters. The highest BCUT2D eigenvalue weighted by molar-refractivity contribution is 4.96. The van der Waals surface area contributed by atoms with Gasteiger partial charge in [0, 0.05) is 31.7 Å². The van der Waals surface area contributed by atoms with Crippen molar-refractivity contribution in [1.29, 1.82) is 0 Å². The van der Waals surface area contributed by atoms with E-state index in [1.54, 1.807) is 0 Å². The fraction of sp³-hybridized carbons (Fsp3) is 1.00. The van der Waals surface area contributed by atoms with Crippen molar-refractivity contribution in [1.82, 2.24) is 9.80 Å². The van der Waals surface area contributed by atoms with E-state index < -0.39 is 0 Å². The zero-order chi connectivity index (χ0) is 15.5. The molecular weight excluding hydrogens is 258 g/mol. The zero-order valence-electron chi connectivity index (χ0n) is 14.8. The van der Waals surface area contributed by atoms with E-state index in [2.05, 4.69) is 37.6 Å². The maximum absolute atomic E-state index is 6.32. The third-order valence-electron chi connectivity index (χ3n) is 6.15. The molecule has 0 radical (unpaired) electrons. The Bertz CT molecular complexity index is 323. The third kappa shape index (κ3) is 4.20. The van der Waals surface area contributed by atoms with Crippen molar-refractivity contribution in [3.63, 3.8) is 0 Å². The Balaban J connectivity index is 2.07. The largest absolute Gasteiger partial charge is 0.329 e. The Morgan fingerprint density at radius 3 is 2.43 bits per heavy atom. The van der Waals surface area contributed by atoms with Crippen molar-refractivity contribution < 1.29 is 0 Å². The fourth-order valence-electron chi connectivity index (χ4n) is 4.43. The first-order valence-corrected chi connectivity index (χ1v) is 9.01. The van der Waals surface area contributed by atoms with Crippen LogP contribution in [0.15, 0.2) is 0 Å². The summed E-state index contributed by atoms with van der Waals surface area (Å²) in [6.07, 6.45) is 7.99. The van der Waals surface area contributed by atoms with Gasteiger partial charge >= 0.3 is 0 Å². The lowest BCUT2D eigenvalue weighted by Gasteiger charge is -2.43. The van der Waals surface area contributed by atoms with E-state index in [1.165, 1.54) is 64.7 Å². The van der Waals surface area contributed by atoms with Crippen LogP contribution in [0.4, 0.5) is 0 Å². The van der Waals surface area contributed by atoms with Crippen LogP contribution in [0.3, 0.4) is 0 Å². The third-order valence-corrected chi connectivity index (χ3v) is 6.15.